The summed E-state index contributed by atoms with van der Waals surface area (Å²) < 4.78 is 0. The lowest BCUT2D eigenvalue weighted by atomic mass is 9.76. The standard InChI is InChI=1S/C11H22N2O/c1-7(2)8(3)13-10(14)9-11(4,5)6-12-9/h7-9,12H,6H2,1-5H3,(H,13,14). The first kappa shape index (κ1) is 11.5. The molecule has 0 aliphatic carbocycles. The molecule has 0 bridgehead atoms. The van der Waals surface area contributed by atoms with Gasteiger partial charge in [0.15, 0.2) is 0 Å². The number of amides is 1. The van der Waals surface area contributed by atoms with Crippen molar-refractivity contribution in [2.75, 3.05) is 6.54 Å². The topological polar surface area (TPSA) is 41.1 Å². The van der Waals surface area contributed by atoms with E-state index in [-0.39, 0.29) is 23.4 Å². The second-order valence-corrected chi connectivity index (χ2v) is 5.34. The van der Waals surface area contributed by atoms with Crippen molar-refractivity contribution in [3.63, 3.8) is 0 Å². The number of hydrogen-bond acceptors (Lipinski definition) is 2. The first-order valence-corrected chi connectivity index (χ1v) is 5.38. The van der Waals surface area contributed by atoms with Crippen LogP contribution < -0.4 is 10.6 Å². The molecule has 0 spiro atoms. The lowest BCUT2D eigenvalue weighted by Crippen LogP contribution is -2.66. The molecule has 1 heterocycles. The van der Waals surface area contributed by atoms with E-state index < -0.39 is 0 Å². The first-order chi connectivity index (χ1) is 6.34. The fourth-order valence-corrected chi connectivity index (χ4v) is 1.53. The van der Waals surface area contributed by atoms with Gasteiger partial charge in [0.25, 0.3) is 0 Å². The van der Waals surface area contributed by atoms with Gasteiger partial charge in [-0.1, -0.05) is 27.7 Å². The Labute approximate surface area is 86.6 Å². The molecule has 1 aliphatic rings. The van der Waals surface area contributed by atoms with Crippen LogP contribution in [0.1, 0.15) is 34.6 Å². The van der Waals surface area contributed by atoms with Gasteiger partial charge in [0.2, 0.25) is 5.91 Å². The maximum atomic E-state index is 11.8. The van der Waals surface area contributed by atoms with Gasteiger partial charge < -0.3 is 10.6 Å². The molecule has 3 nitrogen and oxygen atoms in total. The van der Waals surface area contributed by atoms with Crippen molar-refractivity contribution in [2.45, 2.75) is 46.7 Å². The van der Waals surface area contributed by atoms with Crippen molar-refractivity contribution in [3.8, 4) is 0 Å². The molecule has 1 fully saturated rings. The number of hydrogen-bond donors (Lipinski definition) is 2. The molecule has 1 aliphatic heterocycles. The average Bonchev–Trinajstić information content (AvgIpc) is 2.02. The van der Waals surface area contributed by atoms with Gasteiger partial charge in [-0.15, -0.1) is 0 Å². The van der Waals surface area contributed by atoms with Crippen LogP contribution in [0.4, 0.5) is 0 Å². The van der Waals surface area contributed by atoms with E-state index in [4.69, 9.17) is 0 Å². The van der Waals surface area contributed by atoms with Crippen molar-refractivity contribution >= 4 is 5.91 Å². The van der Waals surface area contributed by atoms with E-state index in [1.807, 2.05) is 6.92 Å². The maximum Gasteiger partial charge on any atom is 0.237 e. The monoisotopic (exact) mass is 198 g/mol. The highest BCUT2D eigenvalue weighted by molar-refractivity contribution is 5.84. The smallest absolute Gasteiger partial charge is 0.237 e. The molecule has 1 amide bonds. The molecule has 3 heteroatoms. The Morgan fingerprint density at radius 1 is 1.43 bits per heavy atom. The van der Waals surface area contributed by atoms with Crippen LogP contribution in [0.15, 0.2) is 0 Å². The summed E-state index contributed by atoms with van der Waals surface area (Å²) in [4.78, 5) is 11.8. The van der Waals surface area contributed by atoms with Gasteiger partial charge in [-0.2, -0.15) is 0 Å². The highest BCUT2D eigenvalue weighted by Gasteiger charge is 2.43. The summed E-state index contributed by atoms with van der Waals surface area (Å²) >= 11 is 0. The zero-order valence-electron chi connectivity index (χ0n) is 9.85. The summed E-state index contributed by atoms with van der Waals surface area (Å²) in [5, 5.41) is 6.20. The van der Waals surface area contributed by atoms with Crippen molar-refractivity contribution in [2.24, 2.45) is 11.3 Å². The maximum absolute atomic E-state index is 11.8. The first-order valence-electron chi connectivity index (χ1n) is 5.38. The van der Waals surface area contributed by atoms with Crippen molar-refractivity contribution in [3.05, 3.63) is 0 Å². The average molecular weight is 198 g/mol. The largest absolute Gasteiger partial charge is 0.352 e. The third-order valence-electron chi connectivity index (χ3n) is 3.18. The molecule has 1 rings (SSSR count). The van der Waals surface area contributed by atoms with Crippen LogP contribution in [-0.4, -0.2) is 24.5 Å². The van der Waals surface area contributed by atoms with Crippen LogP contribution in [0, 0.1) is 11.3 Å². The van der Waals surface area contributed by atoms with Crippen LogP contribution in [0.25, 0.3) is 0 Å². The normalized spacial score (nSPS) is 26.9. The molecule has 0 radical (unpaired) electrons. The number of rotatable bonds is 3. The summed E-state index contributed by atoms with van der Waals surface area (Å²) in [6.45, 7) is 11.4. The molecule has 14 heavy (non-hydrogen) atoms. The van der Waals surface area contributed by atoms with Crippen molar-refractivity contribution in [1.29, 1.82) is 0 Å². The Hall–Kier alpha value is -0.570. The Morgan fingerprint density at radius 3 is 2.29 bits per heavy atom. The quantitative estimate of drug-likeness (QED) is 0.714. The van der Waals surface area contributed by atoms with Crippen LogP contribution in [0.5, 0.6) is 0 Å². The van der Waals surface area contributed by atoms with E-state index >= 15 is 0 Å². The van der Waals surface area contributed by atoms with Gasteiger partial charge in [0.1, 0.15) is 0 Å². The molecule has 2 atom stereocenters. The lowest BCUT2D eigenvalue weighted by molar-refractivity contribution is -0.130. The van der Waals surface area contributed by atoms with E-state index in [0.29, 0.717) is 5.92 Å². The fourth-order valence-electron chi connectivity index (χ4n) is 1.53. The molecule has 2 unspecified atom stereocenters. The van der Waals surface area contributed by atoms with E-state index in [1.165, 1.54) is 0 Å². The predicted octanol–water partition coefficient (Wildman–Crippen LogP) is 1.15. The third-order valence-corrected chi connectivity index (χ3v) is 3.18. The summed E-state index contributed by atoms with van der Waals surface area (Å²) in [6.07, 6.45) is 0. The second kappa shape index (κ2) is 3.89. The van der Waals surface area contributed by atoms with Crippen LogP contribution in [-0.2, 0) is 4.79 Å². The number of nitrogens with one attached hydrogen (secondary N) is 2. The van der Waals surface area contributed by atoms with E-state index in [1.54, 1.807) is 0 Å². The zero-order valence-corrected chi connectivity index (χ0v) is 9.85. The molecule has 2 N–H and O–H groups in total. The minimum Gasteiger partial charge on any atom is -0.352 e. The van der Waals surface area contributed by atoms with Crippen LogP contribution >= 0.6 is 0 Å². The molecule has 1 saturated heterocycles. The van der Waals surface area contributed by atoms with Crippen LogP contribution in [0.3, 0.4) is 0 Å². The highest BCUT2D eigenvalue weighted by atomic mass is 16.2. The van der Waals surface area contributed by atoms with Crippen molar-refractivity contribution in [1.82, 2.24) is 10.6 Å². The van der Waals surface area contributed by atoms with E-state index in [0.717, 1.165) is 6.54 Å². The highest BCUT2D eigenvalue weighted by Crippen LogP contribution is 2.27. The van der Waals surface area contributed by atoms with Gasteiger partial charge in [-0.3, -0.25) is 4.79 Å². The molecule has 0 aromatic carbocycles. The number of carbonyl (C=O) groups is 1. The van der Waals surface area contributed by atoms with E-state index in [9.17, 15) is 4.79 Å². The SMILES string of the molecule is CC(C)C(C)NC(=O)C1NCC1(C)C. The molecule has 0 aromatic heterocycles. The van der Waals surface area contributed by atoms with Crippen LogP contribution in [0.2, 0.25) is 0 Å². The summed E-state index contributed by atoms with van der Waals surface area (Å²) in [6, 6.07) is 0.240. The Morgan fingerprint density at radius 2 is 2.00 bits per heavy atom. The zero-order chi connectivity index (χ0) is 10.9. The molecule has 82 valence electrons. The molecular weight excluding hydrogens is 176 g/mol. The van der Waals surface area contributed by atoms with Crippen molar-refractivity contribution < 1.29 is 4.79 Å². The molecular formula is C11H22N2O. The molecule has 0 saturated carbocycles. The van der Waals surface area contributed by atoms with Gasteiger partial charge >= 0.3 is 0 Å². The predicted molar refractivity (Wildman–Crippen MR) is 58.0 cm³/mol. The summed E-state index contributed by atoms with van der Waals surface area (Å²) in [5.41, 5.74) is 0.112. The summed E-state index contributed by atoms with van der Waals surface area (Å²) in [5.74, 6) is 0.629. The van der Waals surface area contributed by atoms with Gasteiger partial charge in [0, 0.05) is 18.0 Å². The lowest BCUT2D eigenvalue weighted by Gasteiger charge is -2.44. The van der Waals surface area contributed by atoms with Gasteiger partial charge in [0.05, 0.1) is 6.04 Å². The summed E-state index contributed by atoms with van der Waals surface area (Å²) in [7, 11) is 0. The van der Waals surface area contributed by atoms with Gasteiger partial charge in [-0.05, 0) is 12.8 Å². The minimum atomic E-state index is -0.0105. The number of carbonyl (C=O) groups excluding carboxylic acids is 1. The third kappa shape index (κ3) is 2.27. The Bertz CT molecular complexity index is 223. The van der Waals surface area contributed by atoms with Gasteiger partial charge in [-0.25, -0.2) is 0 Å². The minimum absolute atomic E-state index is 0.0105. The Balaban J connectivity index is 2.43. The van der Waals surface area contributed by atoms with E-state index in [2.05, 4.69) is 38.3 Å². The second-order valence-electron chi connectivity index (χ2n) is 5.34. The molecule has 0 aromatic rings. The fraction of sp³-hybridized carbons (Fsp3) is 0.909. The Kier molecular flexibility index (Phi) is 3.20.